The first-order valence-corrected chi connectivity index (χ1v) is 6.57. The van der Waals surface area contributed by atoms with Gasteiger partial charge in [0.15, 0.2) is 0 Å². The van der Waals surface area contributed by atoms with E-state index in [1.165, 1.54) is 6.07 Å². The molecule has 1 aliphatic carbocycles. The number of aliphatic imine (C=N–C) groups is 1. The van der Waals surface area contributed by atoms with Crippen LogP contribution < -0.4 is 11.1 Å². The van der Waals surface area contributed by atoms with Crippen LogP contribution in [0.25, 0.3) is 0 Å². The molecule has 96 valence electrons. The summed E-state index contributed by atoms with van der Waals surface area (Å²) in [7, 11) is 0. The van der Waals surface area contributed by atoms with Crippen LogP contribution in [0.5, 0.6) is 0 Å². The third-order valence-corrected chi connectivity index (χ3v) is 4.00. The zero-order valence-corrected chi connectivity index (χ0v) is 10.3. The number of fused-ring (bicyclic) bond motifs is 1. The Balaban J connectivity index is 1.80. The van der Waals surface area contributed by atoms with E-state index < -0.39 is 0 Å². The lowest BCUT2D eigenvalue weighted by atomic mass is 9.83. The highest BCUT2D eigenvalue weighted by Crippen LogP contribution is 2.30. The number of nitrogens with zero attached hydrogens (tertiary/aromatic N) is 1. The quantitative estimate of drug-likeness (QED) is 0.835. The van der Waals surface area contributed by atoms with E-state index in [9.17, 15) is 4.39 Å². The van der Waals surface area contributed by atoms with Crippen LogP contribution in [0, 0.1) is 11.7 Å². The minimum atomic E-state index is -0.210. The highest BCUT2D eigenvalue weighted by Gasteiger charge is 2.35. The van der Waals surface area contributed by atoms with E-state index in [-0.39, 0.29) is 5.82 Å². The van der Waals surface area contributed by atoms with E-state index in [1.807, 2.05) is 6.07 Å². The average molecular weight is 247 g/mol. The molecule has 0 radical (unpaired) electrons. The summed E-state index contributed by atoms with van der Waals surface area (Å²) in [6.07, 6.45) is 3.23. The Bertz CT molecular complexity index is 472. The fourth-order valence-electron chi connectivity index (χ4n) is 2.94. The van der Waals surface area contributed by atoms with E-state index in [1.54, 1.807) is 12.1 Å². The van der Waals surface area contributed by atoms with E-state index in [2.05, 4.69) is 10.3 Å². The largest absolute Gasteiger partial charge is 0.365 e. The zero-order chi connectivity index (χ0) is 12.5. The minimum absolute atomic E-state index is 0.210. The van der Waals surface area contributed by atoms with E-state index in [0.717, 1.165) is 25.8 Å². The monoisotopic (exact) mass is 247 g/mol. The molecule has 1 saturated carbocycles. The van der Waals surface area contributed by atoms with Gasteiger partial charge in [0.05, 0.1) is 17.6 Å². The van der Waals surface area contributed by atoms with Gasteiger partial charge in [-0.3, -0.25) is 4.99 Å². The van der Waals surface area contributed by atoms with Gasteiger partial charge in [0.2, 0.25) is 0 Å². The maximum Gasteiger partial charge on any atom is 0.134 e. The number of halogens is 1. The molecule has 3 N–H and O–H groups in total. The molecule has 18 heavy (non-hydrogen) atoms. The molecule has 1 aromatic carbocycles. The Morgan fingerprint density at radius 1 is 1.33 bits per heavy atom. The summed E-state index contributed by atoms with van der Waals surface area (Å²) in [5.74, 6) is 1.08. The number of rotatable bonds is 2. The van der Waals surface area contributed by atoms with Crippen LogP contribution in [0.1, 0.15) is 24.8 Å². The topological polar surface area (TPSA) is 50.4 Å². The zero-order valence-electron chi connectivity index (χ0n) is 10.3. The molecule has 0 spiro atoms. The van der Waals surface area contributed by atoms with E-state index in [4.69, 9.17) is 5.73 Å². The van der Waals surface area contributed by atoms with Crippen LogP contribution in [-0.4, -0.2) is 24.5 Å². The average Bonchev–Trinajstić information content (AvgIpc) is 2.81. The summed E-state index contributed by atoms with van der Waals surface area (Å²) in [6.45, 7) is 0.736. The second-order valence-electron chi connectivity index (χ2n) is 5.19. The van der Waals surface area contributed by atoms with Gasteiger partial charge in [0, 0.05) is 0 Å². The summed E-state index contributed by atoms with van der Waals surface area (Å²) in [5.41, 5.74) is 6.31. The van der Waals surface area contributed by atoms with Crippen molar-refractivity contribution in [1.29, 1.82) is 0 Å². The Morgan fingerprint density at radius 2 is 2.17 bits per heavy atom. The SMILES string of the molecule is NCC1CCC2N=C(c3ccccc3F)NC2C1. The van der Waals surface area contributed by atoms with Crippen molar-refractivity contribution in [3.05, 3.63) is 35.6 Å². The van der Waals surface area contributed by atoms with Crippen LogP contribution in [0.3, 0.4) is 0 Å². The lowest BCUT2D eigenvalue weighted by Crippen LogP contribution is -2.41. The number of amidine groups is 1. The number of hydrogen-bond donors (Lipinski definition) is 2. The minimum Gasteiger partial charge on any atom is -0.365 e. The maximum atomic E-state index is 13.7. The van der Waals surface area contributed by atoms with Gasteiger partial charge in [0.1, 0.15) is 11.7 Å². The smallest absolute Gasteiger partial charge is 0.134 e. The number of nitrogens with one attached hydrogen (secondary N) is 1. The van der Waals surface area contributed by atoms with Crippen molar-refractivity contribution in [3.63, 3.8) is 0 Å². The van der Waals surface area contributed by atoms with Gasteiger partial charge in [-0.05, 0) is 43.9 Å². The molecule has 0 amide bonds. The molecule has 0 bridgehead atoms. The molecule has 0 aromatic heterocycles. The van der Waals surface area contributed by atoms with Gasteiger partial charge in [-0.2, -0.15) is 0 Å². The molecule has 0 saturated heterocycles. The second kappa shape index (κ2) is 4.69. The highest BCUT2D eigenvalue weighted by molar-refractivity contribution is 6.00. The van der Waals surface area contributed by atoms with Gasteiger partial charge in [-0.25, -0.2) is 4.39 Å². The second-order valence-corrected chi connectivity index (χ2v) is 5.19. The van der Waals surface area contributed by atoms with Crippen molar-refractivity contribution in [3.8, 4) is 0 Å². The standard InChI is InChI=1S/C14H18FN3/c15-11-4-2-1-3-10(11)14-17-12-6-5-9(8-16)7-13(12)18-14/h1-4,9,12-13H,5-8,16H2,(H,17,18). The van der Waals surface area contributed by atoms with Gasteiger partial charge in [-0.1, -0.05) is 12.1 Å². The summed E-state index contributed by atoms with van der Waals surface area (Å²) < 4.78 is 13.7. The van der Waals surface area contributed by atoms with Crippen molar-refractivity contribution < 1.29 is 4.39 Å². The molecule has 3 unspecified atom stereocenters. The predicted octanol–water partition coefficient (Wildman–Crippen LogP) is 1.67. The summed E-state index contributed by atoms with van der Waals surface area (Å²) in [6, 6.07) is 7.42. The number of hydrogen-bond acceptors (Lipinski definition) is 3. The molecule has 1 aliphatic heterocycles. The molecule has 3 rings (SSSR count). The third kappa shape index (κ3) is 2.01. The van der Waals surface area contributed by atoms with Crippen molar-refractivity contribution in [1.82, 2.24) is 5.32 Å². The van der Waals surface area contributed by atoms with Crippen molar-refractivity contribution >= 4 is 5.84 Å². The van der Waals surface area contributed by atoms with Crippen molar-refractivity contribution in [2.24, 2.45) is 16.6 Å². The van der Waals surface area contributed by atoms with Crippen LogP contribution >= 0.6 is 0 Å². The predicted molar refractivity (Wildman–Crippen MR) is 70.0 cm³/mol. The molecule has 1 heterocycles. The van der Waals surface area contributed by atoms with E-state index >= 15 is 0 Å². The molecule has 4 heteroatoms. The van der Waals surface area contributed by atoms with Crippen LogP contribution in [0.2, 0.25) is 0 Å². The third-order valence-electron chi connectivity index (χ3n) is 4.00. The fraction of sp³-hybridized carbons (Fsp3) is 0.500. The maximum absolute atomic E-state index is 13.7. The van der Waals surface area contributed by atoms with Crippen LogP contribution in [-0.2, 0) is 0 Å². The first-order valence-electron chi connectivity index (χ1n) is 6.57. The normalized spacial score (nSPS) is 30.6. The summed E-state index contributed by atoms with van der Waals surface area (Å²) in [4.78, 5) is 4.63. The molecular weight excluding hydrogens is 229 g/mol. The Labute approximate surface area is 106 Å². The highest BCUT2D eigenvalue weighted by atomic mass is 19.1. The van der Waals surface area contributed by atoms with Crippen LogP contribution in [0.15, 0.2) is 29.3 Å². The summed E-state index contributed by atoms with van der Waals surface area (Å²) >= 11 is 0. The molecule has 1 fully saturated rings. The van der Waals surface area contributed by atoms with Crippen molar-refractivity contribution in [2.45, 2.75) is 31.3 Å². The van der Waals surface area contributed by atoms with Gasteiger partial charge >= 0.3 is 0 Å². The molecule has 3 atom stereocenters. The lowest BCUT2D eigenvalue weighted by Gasteiger charge is -2.29. The van der Waals surface area contributed by atoms with Gasteiger partial charge in [-0.15, -0.1) is 0 Å². The molecule has 1 aromatic rings. The molecular formula is C14H18FN3. The Hall–Kier alpha value is -1.42. The van der Waals surface area contributed by atoms with E-state index in [0.29, 0.717) is 29.4 Å². The van der Waals surface area contributed by atoms with Crippen molar-refractivity contribution in [2.75, 3.05) is 6.54 Å². The molecule has 2 aliphatic rings. The van der Waals surface area contributed by atoms with Crippen LogP contribution in [0.4, 0.5) is 4.39 Å². The Kier molecular flexibility index (Phi) is 3.04. The first-order chi connectivity index (χ1) is 8.78. The summed E-state index contributed by atoms with van der Waals surface area (Å²) in [5, 5.41) is 3.37. The van der Waals surface area contributed by atoms with Gasteiger partial charge in [0.25, 0.3) is 0 Å². The number of benzene rings is 1. The molecule has 3 nitrogen and oxygen atoms in total. The fourth-order valence-corrected chi connectivity index (χ4v) is 2.94. The number of nitrogens with two attached hydrogens (primary N) is 1. The Morgan fingerprint density at radius 3 is 2.94 bits per heavy atom. The van der Waals surface area contributed by atoms with Gasteiger partial charge < -0.3 is 11.1 Å². The lowest BCUT2D eigenvalue weighted by molar-refractivity contribution is 0.294. The first kappa shape index (κ1) is 11.7.